The zero-order valence-electron chi connectivity index (χ0n) is 31.3. The van der Waals surface area contributed by atoms with Crippen LogP contribution < -0.4 is 20.7 Å². The third-order valence-corrected chi connectivity index (χ3v) is 16.6. The van der Waals surface area contributed by atoms with Gasteiger partial charge in [0.2, 0.25) is 0 Å². The molecule has 0 atom stereocenters. The minimum Gasteiger partial charge on any atom is -0.309 e. The summed E-state index contributed by atoms with van der Waals surface area (Å²) in [5, 5.41) is 10.5. The number of rotatable bonds is 7. The van der Waals surface area contributed by atoms with Gasteiger partial charge in [0, 0.05) is 32.9 Å². The molecule has 11 rings (SSSR count). The molecule has 3 heteroatoms. The molecule has 0 radical (unpaired) electrons. The zero-order valence-corrected chi connectivity index (χ0v) is 32.3. The van der Waals surface area contributed by atoms with Crippen molar-refractivity contribution in [3.8, 4) is 22.5 Å². The van der Waals surface area contributed by atoms with Crippen LogP contribution in [0.5, 0.6) is 0 Å². The quantitative estimate of drug-likeness (QED) is 0.114. The van der Waals surface area contributed by atoms with E-state index in [-0.39, 0.29) is 0 Å². The Morgan fingerprint density at radius 1 is 0.246 bits per heavy atom. The van der Waals surface area contributed by atoms with Crippen LogP contribution in [0.3, 0.4) is 0 Å². The first-order valence-electron chi connectivity index (χ1n) is 19.7. The highest BCUT2D eigenvalue weighted by atomic mass is 28.3. The maximum Gasteiger partial charge on any atom is 0.179 e. The first-order chi connectivity index (χ1) is 28.3. The van der Waals surface area contributed by atoms with Crippen molar-refractivity contribution in [2.45, 2.75) is 0 Å². The summed E-state index contributed by atoms with van der Waals surface area (Å²) in [6.45, 7) is 0. The second kappa shape index (κ2) is 13.5. The van der Waals surface area contributed by atoms with Crippen molar-refractivity contribution >= 4 is 72.4 Å². The smallest absolute Gasteiger partial charge is 0.179 e. The second-order valence-corrected chi connectivity index (χ2v) is 18.7. The fraction of sp³-hybridized carbons (Fsp3) is 0. The molecule has 0 aliphatic rings. The van der Waals surface area contributed by atoms with Crippen LogP contribution in [0.4, 0.5) is 0 Å². The molecule has 0 bridgehead atoms. The SMILES string of the molecule is c1ccc(-c2ccc3c(c2)c2ccc(-n4c5ccccc5c5cc([Si](c6ccccc6)(c6ccccc6)c6ccccc6)ccc54)cc2n3-c2ccccc2)cc1. The maximum atomic E-state index is 2.51. The number of aromatic nitrogens is 2. The predicted octanol–water partition coefficient (Wildman–Crippen LogP) is 10.9. The van der Waals surface area contributed by atoms with E-state index < -0.39 is 8.07 Å². The molecule has 268 valence electrons. The Bertz CT molecular complexity index is 3110. The van der Waals surface area contributed by atoms with E-state index in [9.17, 15) is 0 Å². The minimum atomic E-state index is -2.72. The van der Waals surface area contributed by atoms with Crippen molar-refractivity contribution in [3.63, 3.8) is 0 Å². The van der Waals surface area contributed by atoms with Crippen LogP contribution in [0.25, 0.3) is 66.1 Å². The van der Waals surface area contributed by atoms with E-state index in [4.69, 9.17) is 0 Å². The Hall–Kier alpha value is -7.20. The fourth-order valence-electron chi connectivity index (χ4n) is 9.36. The summed E-state index contributed by atoms with van der Waals surface area (Å²) in [5.74, 6) is 0. The largest absolute Gasteiger partial charge is 0.309 e. The summed E-state index contributed by atoms with van der Waals surface area (Å²) in [6.07, 6.45) is 0. The number of fused-ring (bicyclic) bond motifs is 6. The summed E-state index contributed by atoms with van der Waals surface area (Å²) in [4.78, 5) is 0. The van der Waals surface area contributed by atoms with E-state index in [2.05, 4.69) is 240 Å². The van der Waals surface area contributed by atoms with Gasteiger partial charge in [0.05, 0.1) is 22.1 Å². The van der Waals surface area contributed by atoms with E-state index in [1.807, 2.05) is 0 Å². The van der Waals surface area contributed by atoms with Crippen molar-refractivity contribution in [1.29, 1.82) is 0 Å². The van der Waals surface area contributed by atoms with Gasteiger partial charge in [0.1, 0.15) is 0 Å². The van der Waals surface area contributed by atoms with Crippen molar-refractivity contribution < 1.29 is 0 Å². The molecule has 0 spiro atoms. The highest BCUT2D eigenvalue weighted by molar-refractivity contribution is 7.20. The van der Waals surface area contributed by atoms with Crippen LogP contribution in [-0.4, -0.2) is 17.2 Å². The van der Waals surface area contributed by atoms with Gasteiger partial charge in [-0.2, -0.15) is 0 Å². The average Bonchev–Trinajstić information content (AvgIpc) is 3.80. The number of para-hydroxylation sites is 2. The summed E-state index contributed by atoms with van der Waals surface area (Å²) in [5.41, 5.74) is 9.52. The Balaban J connectivity index is 1.17. The topological polar surface area (TPSA) is 9.86 Å². The van der Waals surface area contributed by atoms with E-state index in [0.717, 1.165) is 11.4 Å². The number of benzene rings is 9. The van der Waals surface area contributed by atoms with E-state index >= 15 is 0 Å². The summed E-state index contributed by atoms with van der Waals surface area (Å²) in [7, 11) is -2.72. The van der Waals surface area contributed by atoms with Crippen LogP contribution in [0, 0.1) is 0 Å². The predicted molar refractivity (Wildman–Crippen MR) is 244 cm³/mol. The molecule has 0 amide bonds. The average molecular weight is 743 g/mol. The summed E-state index contributed by atoms with van der Waals surface area (Å²) in [6, 6.07) is 85.2. The third-order valence-electron chi connectivity index (χ3n) is 11.9. The lowest BCUT2D eigenvalue weighted by atomic mass is 10.0. The van der Waals surface area contributed by atoms with Gasteiger partial charge < -0.3 is 9.13 Å². The van der Waals surface area contributed by atoms with Gasteiger partial charge in [-0.1, -0.05) is 182 Å². The first-order valence-corrected chi connectivity index (χ1v) is 21.7. The molecule has 0 saturated carbocycles. The number of nitrogens with zero attached hydrogens (tertiary/aromatic N) is 2. The number of hydrogen-bond acceptors (Lipinski definition) is 0. The van der Waals surface area contributed by atoms with Crippen molar-refractivity contribution in [2.75, 3.05) is 0 Å². The summed E-state index contributed by atoms with van der Waals surface area (Å²) < 4.78 is 4.89. The van der Waals surface area contributed by atoms with Crippen LogP contribution in [0.1, 0.15) is 0 Å². The van der Waals surface area contributed by atoms with Crippen LogP contribution in [-0.2, 0) is 0 Å². The van der Waals surface area contributed by atoms with Gasteiger partial charge in [-0.25, -0.2) is 0 Å². The van der Waals surface area contributed by atoms with Gasteiger partial charge >= 0.3 is 0 Å². The standard InChI is InChI=1S/C54H38N2Si/c1-6-18-39(19-7-1)40-30-34-52-49(36-40)48-33-31-42(37-54(48)55(52)41-20-8-2-9-21-41)56-51-29-17-16-28-47(51)50-38-46(32-35-53(50)56)57(43-22-10-3-11-23-43,44-24-12-4-13-25-44)45-26-14-5-15-27-45/h1-38H. The second-order valence-electron chi connectivity index (χ2n) is 14.9. The molecule has 0 unspecified atom stereocenters. The highest BCUT2D eigenvalue weighted by Gasteiger charge is 2.41. The molecule has 11 aromatic rings. The van der Waals surface area contributed by atoms with Crippen molar-refractivity contribution in [1.82, 2.24) is 9.13 Å². The van der Waals surface area contributed by atoms with Crippen LogP contribution in [0.15, 0.2) is 231 Å². The highest BCUT2D eigenvalue weighted by Crippen LogP contribution is 2.38. The Morgan fingerprint density at radius 2 is 0.719 bits per heavy atom. The lowest BCUT2D eigenvalue weighted by molar-refractivity contribution is 1.15. The molecule has 57 heavy (non-hydrogen) atoms. The Labute approximate surface area is 333 Å². The molecule has 2 aromatic heterocycles. The normalized spacial score (nSPS) is 11.9. The monoisotopic (exact) mass is 742 g/mol. The van der Waals surface area contributed by atoms with Gasteiger partial charge in [0.15, 0.2) is 8.07 Å². The Kier molecular flexibility index (Phi) is 7.87. The van der Waals surface area contributed by atoms with Crippen LogP contribution in [0.2, 0.25) is 0 Å². The molecule has 9 aromatic carbocycles. The van der Waals surface area contributed by atoms with E-state index in [0.29, 0.717) is 0 Å². The zero-order chi connectivity index (χ0) is 37.8. The van der Waals surface area contributed by atoms with Gasteiger partial charge in [-0.05, 0) is 80.4 Å². The molecule has 0 aliphatic carbocycles. The molecular weight excluding hydrogens is 705 g/mol. The minimum absolute atomic E-state index is 1.14. The third kappa shape index (κ3) is 5.24. The van der Waals surface area contributed by atoms with Gasteiger partial charge in [0.25, 0.3) is 0 Å². The van der Waals surface area contributed by atoms with E-state index in [1.54, 1.807) is 0 Å². The lowest BCUT2D eigenvalue weighted by Crippen LogP contribution is -2.74. The molecule has 2 heterocycles. The molecule has 2 nitrogen and oxygen atoms in total. The first kappa shape index (κ1) is 33.2. The fourth-order valence-corrected chi connectivity index (χ4v) is 14.1. The Morgan fingerprint density at radius 3 is 1.35 bits per heavy atom. The summed E-state index contributed by atoms with van der Waals surface area (Å²) >= 11 is 0. The van der Waals surface area contributed by atoms with Crippen molar-refractivity contribution in [2.24, 2.45) is 0 Å². The molecule has 0 aliphatic heterocycles. The molecule has 0 saturated heterocycles. The lowest BCUT2D eigenvalue weighted by Gasteiger charge is -2.34. The number of hydrogen-bond donors (Lipinski definition) is 0. The molecule has 0 N–H and O–H groups in total. The van der Waals surface area contributed by atoms with Gasteiger partial charge in [-0.15, -0.1) is 0 Å². The van der Waals surface area contributed by atoms with Crippen molar-refractivity contribution in [3.05, 3.63) is 231 Å². The maximum absolute atomic E-state index is 2.72. The molecule has 0 fully saturated rings. The van der Waals surface area contributed by atoms with Gasteiger partial charge in [-0.3, -0.25) is 0 Å². The van der Waals surface area contributed by atoms with Crippen LogP contribution >= 0.6 is 0 Å². The van der Waals surface area contributed by atoms with E-state index in [1.165, 1.54) is 75.5 Å². The molecular formula is C54H38N2Si.